The Labute approximate surface area is 148 Å². The third-order valence-corrected chi connectivity index (χ3v) is 4.63. The Hall–Kier alpha value is -2.50. The number of rotatable bonds is 4. The fourth-order valence-electron chi connectivity index (χ4n) is 3.16. The molecule has 1 aromatic heterocycles. The van der Waals surface area contributed by atoms with E-state index in [-0.39, 0.29) is 11.8 Å². The normalized spacial score (nSPS) is 14.9. The van der Waals surface area contributed by atoms with Gasteiger partial charge >= 0.3 is 0 Å². The Kier molecular flexibility index (Phi) is 4.97. The van der Waals surface area contributed by atoms with Crippen LogP contribution in [0.3, 0.4) is 0 Å². The van der Waals surface area contributed by atoms with E-state index >= 15 is 0 Å². The van der Waals surface area contributed by atoms with Crippen molar-refractivity contribution in [3.05, 3.63) is 41.3 Å². The van der Waals surface area contributed by atoms with Gasteiger partial charge in [0.05, 0.1) is 12.8 Å². The maximum absolute atomic E-state index is 12.9. The molecule has 3 rings (SSSR count). The first-order valence-electron chi connectivity index (χ1n) is 8.65. The van der Waals surface area contributed by atoms with Gasteiger partial charge in [0.15, 0.2) is 5.76 Å². The van der Waals surface area contributed by atoms with Crippen LogP contribution >= 0.6 is 0 Å². The molecule has 1 amide bonds. The van der Waals surface area contributed by atoms with Crippen LogP contribution in [0.1, 0.15) is 41.6 Å². The van der Waals surface area contributed by atoms with E-state index in [1.54, 1.807) is 7.11 Å². The van der Waals surface area contributed by atoms with Gasteiger partial charge < -0.3 is 19.1 Å². The fraction of sp³-hybridized carbons (Fsp3) is 0.474. The van der Waals surface area contributed by atoms with Gasteiger partial charge in [-0.05, 0) is 31.2 Å². The standard InChI is InChI=1S/C19H25N3O3/c1-13(2)18-17(14(3)20-25-18)19(23)22-11-9-21(10-12-22)15-5-7-16(24-4)8-6-15/h5-8,13H,9-12H2,1-4H3. The summed E-state index contributed by atoms with van der Waals surface area (Å²) in [5, 5.41) is 3.99. The molecule has 6 nitrogen and oxygen atoms in total. The van der Waals surface area contributed by atoms with Crippen LogP contribution in [0.2, 0.25) is 0 Å². The zero-order chi connectivity index (χ0) is 18.0. The number of carbonyl (C=O) groups excluding carboxylic acids is 1. The number of benzene rings is 1. The van der Waals surface area contributed by atoms with E-state index in [1.165, 1.54) is 0 Å². The summed E-state index contributed by atoms with van der Waals surface area (Å²) in [6, 6.07) is 8.03. The Balaban J connectivity index is 1.67. The minimum atomic E-state index is 0.0248. The zero-order valence-electron chi connectivity index (χ0n) is 15.3. The van der Waals surface area contributed by atoms with Gasteiger partial charge in [0.25, 0.3) is 5.91 Å². The molecule has 0 atom stereocenters. The predicted molar refractivity (Wildman–Crippen MR) is 96.4 cm³/mol. The zero-order valence-corrected chi connectivity index (χ0v) is 15.3. The molecule has 2 aromatic rings. The monoisotopic (exact) mass is 343 g/mol. The van der Waals surface area contributed by atoms with Crippen LogP contribution in [0.25, 0.3) is 0 Å². The maximum atomic E-state index is 12.9. The Morgan fingerprint density at radius 1 is 1.16 bits per heavy atom. The van der Waals surface area contributed by atoms with Gasteiger partial charge in [-0.25, -0.2) is 0 Å². The van der Waals surface area contributed by atoms with Crippen LogP contribution in [0.5, 0.6) is 5.75 Å². The molecule has 1 saturated heterocycles. The van der Waals surface area contributed by atoms with Crippen LogP contribution in [0.15, 0.2) is 28.8 Å². The van der Waals surface area contributed by atoms with Gasteiger partial charge in [-0.15, -0.1) is 0 Å². The lowest BCUT2D eigenvalue weighted by molar-refractivity contribution is 0.0743. The van der Waals surface area contributed by atoms with E-state index < -0.39 is 0 Å². The molecule has 2 heterocycles. The molecule has 1 aliphatic rings. The van der Waals surface area contributed by atoms with E-state index in [1.807, 2.05) is 37.8 Å². The largest absolute Gasteiger partial charge is 0.497 e. The van der Waals surface area contributed by atoms with E-state index in [2.05, 4.69) is 22.2 Å². The van der Waals surface area contributed by atoms with Gasteiger partial charge in [-0.2, -0.15) is 0 Å². The predicted octanol–water partition coefficient (Wildman–Crippen LogP) is 3.08. The number of amides is 1. The van der Waals surface area contributed by atoms with Gasteiger partial charge in [-0.1, -0.05) is 19.0 Å². The molecular weight excluding hydrogens is 318 g/mol. The van der Waals surface area contributed by atoms with Crippen molar-refractivity contribution in [3.8, 4) is 5.75 Å². The summed E-state index contributed by atoms with van der Waals surface area (Å²) in [6.45, 7) is 8.84. The Bertz CT molecular complexity index is 729. The third-order valence-electron chi connectivity index (χ3n) is 4.63. The first-order valence-corrected chi connectivity index (χ1v) is 8.65. The first kappa shape index (κ1) is 17.3. The van der Waals surface area contributed by atoms with E-state index in [0.717, 1.165) is 24.5 Å². The minimum absolute atomic E-state index is 0.0248. The smallest absolute Gasteiger partial charge is 0.259 e. The molecule has 0 bridgehead atoms. The van der Waals surface area contributed by atoms with Crippen LogP contribution in [0, 0.1) is 6.92 Å². The molecule has 0 saturated carbocycles. The van der Waals surface area contributed by atoms with Crippen molar-refractivity contribution >= 4 is 11.6 Å². The molecule has 1 aliphatic heterocycles. The van der Waals surface area contributed by atoms with Gasteiger partial charge in [0, 0.05) is 37.8 Å². The van der Waals surface area contributed by atoms with Crippen molar-refractivity contribution < 1.29 is 14.1 Å². The molecule has 1 fully saturated rings. The summed E-state index contributed by atoms with van der Waals surface area (Å²) >= 11 is 0. The summed E-state index contributed by atoms with van der Waals surface area (Å²) in [4.78, 5) is 17.1. The van der Waals surface area contributed by atoms with Crippen molar-refractivity contribution in [2.24, 2.45) is 0 Å². The number of ether oxygens (including phenoxy) is 1. The Morgan fingerprint density at radius 3 is 2.36 bits per heavy atom. The highest BCUT2D eigenvalue weighted by atomic mass is 16.5. The van der Waals surface area contributed by atoms with Crippen molar-refractivity contribution in [1.82, 2.24) is 10.1 Å². The molecular formula is C19H25N3O3. The van der Waals surface area contributed by atoms with E-state index in [9.17, 15) is 4.79 Å². The molecule has 0 radical (unpaired) electrons. The highest BCUT2D eigenvalue weighted by molar-refractivity contribution is 5.96. The average Bonchev–Trinajstić information content (AvgIpc) is 3.03. The first-order chi connectivity index (χ1) is 12.0. The van der Waals surface area contributed by atoms with Crippen LogP contribution in [0.4, 0.5) is 5.69 Å². The minimum Gasteiger partial charge on any atom is -0.497 e. The summed E-state index contributed by atoms with van der Waals surface area (Å²) < 4.78 is 10.6. The van der Waals surface area contributed by atoms with Crippen LogP contribution < -0.4 is 9.64 Å². The van der Waals surface area contributed by atoms with Crippen LogP contribution in [-0.2, 0) is 0 Å². The van der Waals surface area contributed by atoms with Gasteiger partial charge in [0.1, 0.15) is 11.3 Å². The summed E-state index contributed by atoms with van der Waals surface area (Å²) in [5.41, 5.74) is 2.45. The quantitative estimate of drug-likeness (QED) is 0.854. The molecule has 134 valence electrons. The second-order valence-corrected chi connectivity index (χ2v) is 6.64. The summed E-state index contributed by atoms with van der Waals surface area (Å²) in [5.74, 6) is 1.69. The number of nitrogens with zero attached hydrogens (tertiary/aromatic N) is 3. The van der Waals surface area contributed by atoms with E-state index in [0.29, 0.717) is 30.1 Å². The molecule has 0 aliphatic carbocycles. The number of aryl methyl sites for hydroxylation is 1. The van der Waals surface area contributed by atoms with Gasteiger partial charge in [-0.3, -0.25) is 4.79 Å². The molecule has 25 heavy (non-hydrogen) atoms. The van der Waals surface area contributed by atoms with Crippen molar-refractivity contribution in [2.75, 3.05) is 38.2 Å². The van der Waals surface area contributed by atoms with Crippen LogP contribution in [-0.4, -0.2) is 49.3 Å². The fourth-order valence-corrected chi connectivity index (χ4v) is 3.16. The van der Waals surface area contributed by atoms with Crippen molar-refractivity contribution in [2.45, 2.75) is 26.7 Å². The highest BCUT2D eigenvalue weighted by Gasteiger charge is 2.29. The molecule has 0 N–H and O–H groups in total. The number of hydrogen-bond acceptors (Lipinski definition) is 5. The lowest BCUT2D eigenvalue weighted by atomic mass is 10.0. The summed E-state index contributed by atoms with van der Waals surface area (Å²) in [6.07, 6.45) is 0. The second kappa shape index (κ2) is 7.17. The molecule has 6 heteroatoms. The second-order valence-electron chi connectivity index (χ2n) is 6.64. The van der Waals surface area contributed by atoms with Crippen molar-refractivity contribution in [1.29, 1.82) is 0 Å². The third kappa shape index (κ3) is 3.48. The number of methoxy groups -OCH3 is 1. The summed E-state index contributed by atoms with van der Waals surface area (Å²) in [7, 11) is 1.66. The molecule has 1 aromatic carbocycles. The molecule has 0 spiro atoms. The number of anilines is 1. The van der Waals surface area contributed by atoms with Crippen molar-refractivity contribution in [3.63, 3.8) is 0 Å². The highest BCUT2D eigenvalue weighted by Crippen LogP contribution is 2.25. The lowest BCUT2D eigenvalue weighted by Gasteiger charge is -2.36. The number of carbonyl (C=O) groups is 1. The SMILES string of the molecule is COc1ccc(N2CCN(C(=O)c3c(C)noc3C(C)C)CC2)cc1. The van der Waals surface area contributed by atoms with Gasteiger partial charge in [0.2, 0.25) is 0 Å². The number of hydrogen-bond donors (Lipinski definition) is 0. The molecule has 0 unspecified atom stereocenters. The lowest BCUT2D eigenvalue weighted by Crippen LogP contribution is -2.49. The van der Waals surface area contributed by atoms with E-state index in [4.69, 9.17) is 9.26 Å². The Morgan fingerprint density at radius 2 is 1.80 bits per heavy atom. The number of aromatic nitrogens is 1. The number of piperazine rings is 1. The topological polar surface area (TPSA) is 58.8 Å². The average molecular weight is 343 g/mol. The maximum Gasteiger partial charge on any atom is 0.259 e.